The summed E-state index contributed by atoms with van der Waals surface area (Å²) in [5, 5.41) is 0.221. The van der Waals surface area contributed by atoms with Crippen molar-refractivity contribution in [1.29, 1.82) is 0 Å². The van der Waals surface area contributed by atoms with Crippen molar-refractivity contribution in [2.75, 3.05) is 0 Å². The van der Waals surface area contributed by atoms with E-state index in [1.54, 1.807) is 22.6 Å². The summed E-state index contributed by atoms with van der Waals surface area (Å²) < 4.78 is 39.8. The lowest BCUT2D eigenvalue weighted by Gasteiger charge is -2.11. The molecular formula is C8H4BrF3INO2. The maximum absolute atomic E-state index is 12.0. The van der Waals surface area contributed by atoms with Crippen LogP contribution in [0.15, 0.2) is 6.07 Å². The van der Waals surface area contributed by atoms with E-state index in [0.29, 0.717) is 11.8 Å². The van der Waals surface area contributed by atoms with Gasteiger partial charge >= 0.3 is 6.36 Å². The third-order valence-corrected chi connectivity index (χ3v) is 2.91. The highest BCUT2D eigenvalue weighted by molar-refractivity contribution is 14.1. The minimum Gasteiger partial charge on any atom is -0.403 e. The predicted octanol–water partition coefficient (Wildman–Crippen LogP) is 3.29. The quantitative estimate of drug-likeness (QED) is 0.333. The molecule has 1 heterocycles. The molecule has 0 spiro atoms. The maximum Gasteiger partial charge on any atom is 0.573 e. The average molecular weight is 410 g/mol. The number of ether oxygens (including phenoxy) is 1. The van der Waals surface area contributed by atoms with Crippen LogP contribution in [0.5, 0.6) is 5.75 Å². The second kappa shape index (κ2) is 5.30. The Bertz CT molecular complexity index is 411. The number of aromatic nitrogens is 1. The highest BCUT2D eigenvalue weighted by Gasteiger charge is 2.32. The van der Waals surface area contributed by atoms with E-state index in [-0.39, 0.29) is 14.7 Å². The molecule has 88 valence electrons. The molecule has 0 unspecified atom stereocenters. The number of hydrogen-bond acceptors (Lipinski definition) is 3. The van der Waals surface area contributed by atoms with E-state index in [1.807, 2.05) is 0 Å². The lowest BCUT2D eigenvalue weighted by Crippen LogP contribution is -2.18. The minimum absolute atomic E-state index is 0.0123. The second-order valence-corrected chi connectivity index (χ2v) is 4.20. The van der Waals surface area contributed by atoms with Crippen molar-refractivity contribution in [2.24, 2.45) is 0 Å². The first-order valence-corrected chi connectivity index (χ1v) is 6.03. The molecule has 16 heavy (non-hydrogen) atoms. The summed E-state index contributed by atoms with van der Waals surface area (Å²) in [6.07, 6.45) is -4.29. The van der Waals surface area contributed by atoms with E-state index >= 15 is 0 Å². The first-order chi connectivity index (χ1) is 7.37. The summed E-state index contributed by atoms with van der Waals surface area (Å²) in [4.78, 5) is 14.3. The molecule has 0 radical (unpaired) electrons. The van der Waals surface area contributed by atoms with Gasteiger partial charge in [-0.3, -0.25) is 4.79 Å². The Hall–Kier alpha value is -0.380. The van der Waals surface area contributed by atoms with Crippen LogP contribution < -0.4 is 4.74 Å². The number of hydrogen-bond donors (Lipinski definition) is 0. The Morgan fingerprint density at radius 1 is 1.56 bits per heavy atom. The van der Waals surface area contributed by atoms with Crippen LogP contribution in [0.4, 0.5) is 13.2 Å². The Balaban J connectivity index is 3.16. The van der Waals surface area contributed by atoms with Gasteiger partial charge in [0.2, 0.25) is 0 Å². The Morgan fingerprint density at radius 3 is 2.62 bits per heavy atom. The van der Waals surface area contributed by atoms with Gasteiger partial charge in [-0.25, -0.2) is 4.98 Å². The highest BCUT2D eigenvalue weighted by Crippen LogP contribution is 2.28. The lowest BCUT2D eigenvalue weighted by atomic mass is 10.2. The van der Waals surface area contributed by atoms with E-state index in [1.165, 1.54) is 0 Å². The van der Waals surface area contributed by atoms with Crippen LogP contribution in [0.2, 0.25) is 0 Å². The first-order valence-electron chi connectivity index (χ1n) is 3.83. The van der Waals surface area contributed by atoms with Gasteiger partial charge in [0, 0.05) is 5.33 Å². The standard InChI is InChI=1S/C8H4BrF3INO2/c9-2-4-1-6(16-8(10,11)12)7(13)14-5(4)3-15/h1,3H,2H2. The number of pyridine rings is 1. The molecule has 1 aromatic heterocycles. The molecule has 0 saturated heterocycles. The molecule has 0 amide bonds. The van der Waals surface area contributed by atoms with Crippen LogP contribution >= 0.6 is 38.5 Å². The first kappa shape index (κ1) is 13.7. The van der Waals surface area contributed by atoms with Gasteiger partial charge in [0.05, 0.1) is 0 Å². The smallest absolute Gasteiger partial charge is 0.403 e. The Kier molecular flexibility index (Phi) is 4.53. The summed E-state index contributed by atoms with van der Waals surface area (Å²) >= 11 is 4.62. The SMILES string of the molecule is O=Cc1nc(I)c(OC(F)(F)F)cc1CBr. The topological polar surface area (TPSA) is 39.2 Å². The van der Waals surface area contributed by atoms with Gasteiger partial charge in [0.15, 0.2) is 12.0 Å². The normalized spacial score (nSPS) is 11.3. The van der Waals surface area contributed by atoms with E-state index in [0.717, 1.165) is 6.07 Å². The molecule has 1 aromatic rings. The Morgan fingerprint density at radius 2 is 2.19 bits per heavy atom. The molecule has 0 atom stereocenters. The molecule has 0 aliphatic heterocycles. The fourth-order valence-electron chi connectivity index (χ4n) is 0.930. The zero-order valence-electron chi connectivity index (χ0n) is 7.52. The molecule has 0 aliphatic rings. The van der Waals surface area contributed by atoms with E-state index in [9.17, 15) is 18.0 Å². The van der Waals surface area contributed by atoms with Crippen molar-refractivity contribution in [1.82, 2.24) is 4.98 Å². The van der Waals surface area contributed by atoms with Crippen molar-refractivity contribution < 1.29 is 22.7 Å². The van der Waals surface area contributed by atoms with E-state index < -0.39 is 12.1 Å². The Labute approximate surface area is 111 Å². The zero-order valence-corrected chi connectivity index (χ0v) is 11.3. The van der Waals surface area contributed by atoms with Gasteiger partial charge < -0.3 is 4.74 Å². The van der Waals surface area contributed by atoms with Crippen molar-refractivity contribution in [3.8, 4) is 5.75 Å². The van der Waals surface area contributed by atoms with E-state index in [4.69, 9.17) is 0 Å². The van der Waals surface area contributed by atoms with Crippen molar-refractivity contribution in [3.05, 3.63) is 21.0 Å². The number of carbonyl (C=O) groups excluding carboxylic acids is 1. The molecule has 8 heteroatoms. The van der Waals surface area contributed by atoms with Crippen molar-refractivity contribution in [2.45, 2.75) is 11.7 Å². The van der Waals surface area contributed by atoms with Gasteiger partial charge in [-0.05, 0) is 34.2 Å². The van der Waals surface area contributed by atoms with Crippen LogP contribution in [-0.4, -0.2) is 17.6 Å². The van der Waals surface area contributed by atoms with Crippen LogP contribution in [0, 0.1) is 3.70 Å². The zero-order chi connectivity index (χ0) is 12.3. The van der Waals surface area contributed by atoms with Crippen LogP contribution in [0.25, 0.3) is 0 Å². The predicted molar refractivity (Wildman–Crippen MR) is 61.7 cm³/mol. The fraction of sp³-hybridized carbons (Fsp3) is 0.250. The largest absolute Gasteiger partial charge is 0.573 e. The second-order valence-electron chi connectivity index (χ2n) is 2.62. The lowest BCUT2D eigenvalue weighted by molar-refractivity contribution is -0.275. The number of nitrogens with zero attached hydrogens (tertiary/aromatic N) is 1. The molecule has 1 rings (SSSR count). The maximum atomic E-state index is 12.0. The molecule has 0 aromatic carbocycles. The number of carbonyl (C=O) groups is 1. The number of halogens is 5. The van der Waals surface area contributed by atoms with Gasteiger partial charge in [0.25, 0.3) is 0 Å². The fourth-order valence-corrected chi connectivity index (χ4v) is 1.90. The summed E-state index contributed by atoms with van der Waals surface area (Å²) in [6.45, 7) is 0. The summed E-state index contributed by atoms with van der Waals surface area (Å²) in [5.74, 6) is -0.409. The van der Waals surface area contributed by atoms with Gasteiger partial charge in [-0.15, -0.1) is 13.2 Å². The van der Waals surface area contributed by atoms with E-state index in [2.05, 4.69) is 25.7 Å². The van der Waals surface area contributed by atoms with Gasteiger partial charge in [-0.1, -0.05) is 15.9 Å². The molecular weight excluding hydrogens is 406 g/mol. The average Bonchev–Trinajstić information content (AvgIpc) is 2.18. The summed E-state index contributed by atoms with van der Waals surface area (Å²) in [5.41, 5.74) is 0.436. The number of alkyl halides is 4. The number of aldehydes is 1. The van der Waals surface area contributed by atoms with Gasteiger partial charge in [0.1, 0.15) is 9.39 Å². The van der Waals surface area contributed by atoms with Crippen LogP contribution in [-0.2, 0) is 5.33 Å². The molecule has 3 nitrogen and oxygen atoms in total. The summed E-state index contributed by atoms with van der Waals surface area (Å²) in [6, 6.07) is 1.14. The minimum atomic E-state index is -4.77. The van der Waals surface area contributed by atoms with Crippen molar-refractivity contribution in [3.63, 3.8) is 0 Å². The van der Waals surface area contributed by atoms with Crippen molar-refractivity contribution >= 4 is 44.8 Å². The number of rotatable bonds is 3. The van der Waals surface area contributed by atoms with Gasteiger partial charge in [-0.2, -0.15) is 0 Å². The molecule has 0 saturated carbocycles. The van der Waals surface area contributed by atoms with Crippen LogP contribution in [0.1, 0.15) is 16.1 Å². The molecule has 0 bridgehead atoms. The monoisotopic (exact) mass is 409 g/mol. The third-order valence-electron chi connectivity index (χ3n) is 1.54. The summed E-state index contributed by atoms with van der Waals surface area (Å²) in [7, 11) is 0. The molecule has 0 N–H and O–H groups in total. The molecule has 0 aliphatic carbocycles. The molecule has 0 fully saturated rings. The van der Waals surface area contributed by atoms with Crippen LogP contribution in [0.3, 0.4) is 0 Å². The third kappa shape index (κ3) is 3.58. The highest BCUT2D eigenvalue weighted by atomic mass is 127.